The Bertz CT molecular complexity index is 2040. The zero-order valence-corrected chi connectivity index (χ0v) is 28.2. The monoisotopic (exact) mass is 610 g/mol. The predicted molar refractivity (Wildman–Crippen MR) is 199 cm³/mol. The lowest BCUT2D eigenvalue weighted by atomic mass is 9.32. The lowest BCUT2D eigenvalue weighted by molar-refractivity contribution is -0.00514. The van der Waals surface area contributed by atoms with E-state index < -0.39 is 0 Å². The average Bonchev–Trinajstić information content (AvgIpc) is 3.03. The number of aryl methyl sites for hydroxylation is 4. The summed E-state index contributed by atoms with van der Waals surface area (Å²) in [6, 6.07) is 37.7. The average molecular weight is 611 g/mol. The molecule has 0 atom stereocenters. The van der Waals surface area contributed by atoms with Crippen molar-refractivity contribution in [3.05, 3.63) is 125 Å². The smallest absolute Gasteiger partial charge is 0.252 e. The van der Waals surface area contributed by atoms with E-state index in [0.717, 1.165) is 17.8 Å². The summed E-state index contributed by atoms with van der Waals surface area (Å²) in [6.45, 7) is 9.25. The molecule has 0 amide bonds. The van der Waals surface area contributed by atoms with Crippen LogP contribution in [0.25, 0.3) is 0 Å². The van der Waals surface area contributed by atoms with Crippen molar-refractivity contribution in [3.63, 3.8) is 0 Å². The van der Waals surface area contributed by atoms with Gasteiger partial charge in [-0.25, -0.2) is 0 Å². The van der Waals surface area contributed by atoms with Crippen molar-refractivity contribution in [2.24, 2.45) is 17.8 Å². The first-order valence-corrected chi connectivity index (χ1v) is 18.0. The lowest BCUT2D eigenvalue weighted by Crippen LogP contribution is -2.62. The SMILES string of the molecule is Cc1cc(C)cc(N2c3cc(C)cc(C)c3B3c4cc(C56CC7CC(CC(C7)C5)C6)ccc4N(c4ccccc4)c4cccc2c43)c1. The van der Waals surface area contributed by atoms with Gasteiger partial charge >= 0.3 is 0 Å². The van der Waals surface area contributed by atoms with Gasteiger partial charge in [0.15, 0.2) is 0 Å². The van der Waals surface area contributed by atoms with E-state index in [9.17, 15) is 0 Å². The highest BCUT2D eigenvalue weighted by Crippen LogP contribution is 2.61. The quantitative estimate of drug-likeness (QED) is 0.184. The Kier molecular flexibility index (Phi) is 5.86. The molecule has 6 aliphatic rings. The van der Waals surface area contributed by atoms with Crippen molar-refractivity contribution < 1.29 is 0 Å². The summed E-state index contributed by atoms with van der Waals surface area (Å²) in [4.78, 5) is 5.13. The third-order valence-corrected chi connectivity index (χ3v) is 12.6. The molecule has 0 radical (unpaired) electrons. The molecule has 2 nitrogen and oxygen atoms in total. The molecule has 0 spiro atoms. The number of benzene rings is 5. The molecule has 11 rings (SSSR count). The van der Waals surface area contributed by atoms with Crippen LogP contribution < -0.4 is 26.2 Å². The standard InChI is InChI=1S/C44H43BN2/c1-27-15-28(2)18-36(17-27)47-40-12-8-11-39-43(40)45(42-30(4)16-29(3)19-41(42)47)37-23-34(13-14-38(37)46(39)35-9-6-5-7-10-35)44-24-31-20-32(25-44)22-33(21-31)26-44/h5-19,23,31-33H,20-22,24-26H2,1-4H3. The molecule has 5 aromatic carbocycles. The summed E-state index contributed by atoms with van der Waals surface area (Å²) in [5, 5.41) is 0. The van der Waals surface area contributed by atoms with Gasteiger partial charge in [-0.15, -0.1) is 0 Å². The second-order valence-electron chi connectivity index (χ2n) is 16.0. The number of anilines is 6. The predicted octanol–water partition coefficient (Wildman–Crippen LogP) is 9.47. The lowest BCUT2D eigenvalue weighted by Gasteiger charge is -2.57. The minimum Gasteiger partial charge on any atom is -0.311 e. The molecule has 4 fully saturated rings. The van der Waals surface area contributed by atoms with E-state index in [4.69, 9.17) is 0 Å². The van der Waals surface area contributed by atoms with E-state index in [0.29, 0.717) is 5.41 Å². The minimum absolute atomic E-state index is 0.183. The van der Waals surface area contributed by atoms with Crippen molar-refractivity contribution in [3.8, 4) is 0 Å². The van der Waals surface area contributed by atoms with Crippen molar-refractivity contribution >= 4 is 57.2 Å². The zero-order valence-electron chi connectivity index (χ0n) is 28.2. The van der Waals surface area contributed by atoms with Crippen LogP contribution in [0.4, 0.5) is 34.1 Å². The molecule has 4 aliphatic carbocycles. The van der Waals surface area contributed by atoms with Gasteiger partial charge in [0.1, 0.15) is 0 Å². The molecular formula is C44H43BN2. The van der Waals surface area contributed by atoms with E-state index in [1.54, 1.807) is 5.56 Å². The maximum atomic E-state index is 2.71. The highest BCUT2D eigenvalue weighted by Gasteiger charge is 2.52. The number of rotatable bonds is 3. The third kappa shape index (κ3) is 4.05. The Morgan fingerprint density at radius 1 is 0.532 bits per heavy atom. The van der Waals surface area contributed by atoms with E-state index in [1.807, 2.05) is 0 Å². The largest absolute Gasteiger partial charge is 0.311 e. The molecule has 47 heavy (non-hydrogen) atoms. The highest BCUT2D eigenvalue weighted by atomic mass is 15.2. The molecule has 3 heteroatoms. The van der Waals surface area contributed by atoms with Crippen LogP contribution >= 0.6 is 0 Å². The van der Waals surface area contributed by atoms with Crippen LogP contribution in [0.1, 0.15) is 66.3 Å². The molecule has 232 valence electrons. The molecule has 4 bridgehead atoms. The van der Waals surface area contributed by atoms with Crippen molar-refractivity contribution in [1.29, 1.82) is 0 Å². The van der Waals surface area contributed by atoms with Crippen molar-refractivity contribution in [2.75, 3.05) is 9.80 Å². The molecule has 2 heterocycles. The van der Waals surface area contributed by atoms with Gasteiger partial charge in [0.2, 0.25) is 0 Å². The van der Waals surface area contributed by atoms with Crippen LogP contribution in [0, 0.1) is 45.4 Å². The van der Waals surface area contributed by atoms with Crippen LogP contribution in [0.15, 0.2) is 97.1 Å². The molecule has 2 aliphatic heterocycles. The molecule has 0 unspecified atom stereocenters. The zero-order chi connectivity index (χ0) is 31.6. The molecular weight excluding hydrogens is 567 g/mol. The fraction of sp³-hybridized carbons (Fsp3) is 0.318. The third-order valence-electron chi connectivity index (χ3n) is 12.6. The molecule has 0 aromatic heterocycles. The van der Waals surface area contributed by atoms with Crippen molar-refractivity contribution in [2.45, 2.75) is 71.6 Å². The van der Waals surface area contributed by atoms with Gasteiger partial charge in [0.25, 0.3) is 6.71 Å². The highest BCUT2D eigenvalue weighted by molar-refractivity contribution is 7.00. The molecule has 5 aromatic rings. The molecule has 0 saturated heterocycles. The van der Waals surface area contributed by atoms with Gasteiger partial charge in [-0.2, -0.15) is 0 Å². The molecule has 4 saturated carbocycles. The van der Waals surface area contributed by atoms with Gasteiger partial charge in [-0.1, -0.05) is 54.1 Å². The number of nitrogens with zero attached hydrogens (tertiary/aromatic N) is 2. The summed E-state index contributed by atoms with van der Waals surface area (Å²) in [7, 11) is 0. The Morgan fingerprint density at radius 3 is 1.81 bits per heavy atom. The summed E-state index contributed by atoms with van der Waals surface area (Å²) >= 11 is 0. The Hall–Kier alpha value is -4.24. The fourth-order valence-corrected chi connectivity index (χ4v) is 11.5. The number of hydrogen-bond acceptors (Lipinski definition) is 2. The second kappa shape index (κ2) is 9.89. The summed E-state index contributed by atoms with van der Waals surface area (Å²) in [5.74, 6) is 2.78. The first-order chi connectivity index (χ1) is 22.8. The normalized spacial score (nSPS) is 24.7. The van der Waals surface area contributed by atoms with E-state index in [1.165, 1.54) is 111 Å². The van der Waals surface area contributed by atoms with E-state index in [-0.39, 0.29) is 6.71 Å². The maximum Gasteiger partial charge on any atom is 0.252 e. The first kappa shape index (κ1) is 27.8. The van der Waals surface area contributed by atoms with E-state index >= 15 is 0 Å². The second-order valence-corrected chi connectivity index (χ2v) is 16.0. The van der Waals surface area contributed by atoms with Gasteiger partial charge < -0.3 is 9.80 Å². The number of para-hydroxylation sites is 1. The first-order valence-electron chi connectivity index (χ1n) is 18.0. The van der Waals surface area contributed by atoms with Gasteiger partial charge in [0, 0.05) is 34.1 Å². The summed E-state index contributed by atoms with van der Waals surface area (Å²) < 4.78 is 0. The van der Waals surface area contributed by atoms with Crippen LogP contribution in [0.2, 0.25) is 0 Å². The summed E-state index contributed by atoms with van der Waals surface area (Å²) in [6.07, 6.45) is 8.61. The Labute approximate surface area is 280 Å². The maximum absolute atomic E-state index is 2.71. The number of hydrogen-bond donors (Lipinski definition) is 0. The number of fused-ring (bicyclic) bond motifs is 4. The van der Waals surface area contributed by atoms with Crippen LogP contribution in [-0.4, -0.2) is 6.71 Å². The van der Waals surface area contributed by atoms with Gasteiger partial charge in [-0.05, 0) is 177 Å². The minimum atomic E-state index is 0.183. The van der Waals surface area contributed by atoms with Gasteiger partial charge in [0.05, 0.1) is 0 Å². The van der Waals surface area contributed by atoms with Gasteiger partial charge in [-0.3, -0.25) is 0 Å². The van der Waals surface area contributed by atoms with Crippen LogP contribution in [0.5, 0.6) is 0 Å². The van der Waals surface area contributed by atoms with Crippen LogP contribution in [-0.2, 0) is 5.41 Å². The topological polar surface area (TPSA) is 6.48 Å². The van der Waals surface area contributed by atoms with Crippen molar-refractivity contribution in [1.82, 2.24) is 0 Å². The Morgan fingerprint density at radius 2 is 1.15 bits per heavy atom. The Balaban J connectivity index is 1.26. The molecule has 0 N–H and O–H groups in total. The van der Waals surface area contributed by atoms with Crippen LogP contribution in [0.3, 0.4) is 0 Å². The van der Waals surface area contributed by atoms with E-state index in [2.05, 4.69) is 135 Å². The fourth-order valence-electron chi connectivity index (χ4n) is 11.5. The summed E-state index contributed by atoms with van der Waals surface area (Å²) in [5.41, 5.74) is 19.4.